The highest BCUT2D eigenvalue weighted by molar-refractivity contribution is 5.73. The van der Waals surface area contributed by atoms with Gasteiger partial charge in [0.2, 0.25) is 0 Å². The number of aliphatic carboxylic acids is 1. The lowest BCUT2D eigenvalue weighted by molar-refractivity contribution is -0.192. The smallest absolute Gasteiger partial charge is 0.475 e. The van der Waals surface area contributed by atoms with E-state index in [1.165, 1.54) is 16.0 Å². The zero-order valence-electron chi connectivity index (χ0n) is 18.7. The number of carboxylic acid groups (broad SMARTS) is 1. The number of carboxylic acids is 1. The van der Waals surface area contributed by atoms with Crippen molar-refractivity contribution in [2.45, 2.75) is 58.4 Å². The molecule has 0 radical (unpaired) electrons. The van der Waals surface area contributed by atoms with Gasteiger partial charge in [0.05, 0.1) is 6.54 Å². The predicted octanol–water partition coefficient (Wildman–Crippen LogP) is 3.66. The van der Waals surface area contributed by atoms with Gasteiger partial charge in [-0.15, -0.1) is 0 Å². The van der Waals surface area contributed by atoms with Crippen LogP contribution in [0.15, 0.2) is 36.0 Å². The number of halogens is 3. The molecule has 0 bridgehead atoms. The first kappa shape index (κ1) is 28.7. The molecule has 0 saturated carbocycles. The van der Waals surface area contributed by atoms with Crippen molar-refractivity contribution in [3.8, 4) is 0 Å². The van der Waals surface area contributed by atoms with Crippen LogP contribution in [-0.2, 0) is 9.53 Å². The number of alkyl halides is 3. The van der Waals surface area contributed by atoms with Crippen molar-refractivity contribution in [2.24, 2.45) is 0 Å². The fraction of sp³-hybridized carbons (Fsp3) is 0.619. The minimum absolute atomic E-state index is 0.275. The second kappa shape index (κ2) is 11.3. The summed E-state index contributed by atoms with van der Waals surface area (Å²) in [5.74, 6) is -2.76. The quantitative estimate of drug-likeness (QED) is 0.556. The van der Waals surface area contributed by atoms with Crippen LogP contribution in [0.25, 0.3) is 0 Å². The van der Waals surface area contributed by atoms with Crippen LogP contribution >= 0.6 is 0 Å². The highest BCUT2D eigenvalue weighted by Gasteiger charge is 2.40. The first-order chi connectivity index (χ1) is 13.9. The number of amides is 1. The van der Waals surface area contributed by atoms with Gasteiger partial charge in [-0.05, 0) is 52.2 Å². The van der Waals surface area contributed by atoms with E-state index in [1.54, 1.807) is 6.92 Å². The molecule has 2 aliphatic heterocycles. The van der Waals surface area contributed by atoms with Crippen LogP contribution in [0.2, 0.25) is 0 Å². The maximum Gasteiger partial charge on any atom is 0.490 e. The summed E-state index contributed by atoms with van der Waals surface area (Å²) in [5, 5.41) is 20.5. The molecule has 1 fully saturated rings. The summed E-state index contributed by atoms with van der Waals surface area (Å²) >= 11 is 0. The molecule has 2 heterocycles. The molecule has 3 N–H and O–H groups in total. The zero-order chi connectivity index (χ0) is 24.6. The molecule has 0 aromatic carbocycles. The molecule has 2 rings (SSSR count). The number of carbonyl (C=O) groups is 2. The monoisotopic (exact) mass is 450 g/mol. The van der Waals surface area contributed by atoms with E-state index in [-0.39, 0.29) is 12.6 Å². The molecule has 2 aliphatic rings. The Balaban J connectivity index is 0.000000499. The highest BCUT2D eigenvalue weighted by atomic mass is 19.4. The van der Waals surface area contributed by atoms with Gasteiger partial charge in [-0.1, -0.05) is 24.8 Å². The second-order valence-electron chi connectivity index (χ2n) is 8.41. The molecule has 1 saturated heterocycles. The van der Waals surface area contributed by atoms with Gasteiger partial charge in [0.15, 0.2) is 0 Å². The van der Waals surface area contributed by atoms with Crippen LogP contribution in [0.3, 0.4) is 0 Å². The van der Waals surface area contributed by atoms with Crippen LogP contribution in [-0.4, -0.2) is 70.7 Å². The number of ether oxygens (including phenoxy) is 1. The van der Waals surface area contributed by atoms with Gasteiger partial charge in [-0.25, -0.2) is 9.59 Å². The maximum atomic E-state index is 11.7. The topological polar surface area (TPSA) is 99.1 Å². The fourth-order valence-corrected chi connectivity index (χ4v) is 2.42. The summed E-state index contributed by atoms with van der Waals surface area (Å²) < 4.78 is 37.0. The summed E-state index contributed by atoms with van der Waals surface area (Å²) in [7, 11) is 0. The van der Waals surface area contributed by atoms with E-state index in [0.717, 1.165) is 13.1 Å². The van der Waals surface area contributed by atoms with Crippen molar-refractivity contribution in [3.63, 3.8) is 0 Å². The van der Waals surface area contributed by atoms with Crippen LogP contribution in [0, 0.1) is 0 Å². The molecule has 0 aliphatic carbocycles. The van der Waals surface area contributed by atoms with Crippen molar-refractivity contribution in [3.05, 3.63) is 36.0 Å². The molecule has 1 amide bonds. The average molecular weight is 450 g/mol. The Morgan fingerprint density at radius 3 is 2.00 bits per heavy atom. The van der Waals surface area contributed by atoms with Gasteiger partial charge < -0.3 is 25.2 Å². The first-order valence-corrected chi connectivity index (χ1v) is 9.61. The maximum absolute atomic E-state index is 11.7. The minimum atomic E-state index is -5.08. The van der Waals surface area contributed by atoms with E-state index in [4.69, 9.17) is 14.6 Å². The van der Waals surface area contributed by atoms with Gasteiger partial charge in [-0.3, -0.25) is 0 Å². The molecule has 10 heteroatoms. The third kappa shape index (κ3) is 11.0. The normalized spacial score (nSPS) is 20.5. The van der Waals surface area contributed by atoms with Crippen molar-refractivity contribution < 1.29 is 37.7 Å². The molecule has 0 spiro atoms. The van der Waals surface area contributed by atoms with Gasteiger partial charge >= 0.3 is 18.2 Å². The number of hydrogen-bond donors (Lipinski definition) is 3. The van der Waals surface area contributed by atoms with Gasteiger partial charge in [0, 0.05) is 19.6 Å². The van der Waals surface area contributed by atoms with E-state index < -0.39 is 23.3 Å². The largest absolute Gasteiger partial charge is 0.490 e. The third-order valence-electron chi connectivity index (χ3n) is 4.29. The summed E-state index contributed by atoms with van der Waals surface area (Å²) in [5.41, 5.74) is 1.80. The molecular formula is C21H33F3N2O5. The number of carbonyl (C=O) groups excluding carboxylic acids is 1. The lowest BCUT2D eigenvalue weighted by atomic mass is 9.96. The fourth-order valence-electron chi connectivity index (χ4n) is 2.42. The number of nitrogens with zero attached hydrogens (tertiary/aromatic N) is 1. The molecule has 0 aromatic heterocycles. The molecule has 7 nitrogen and oxygen atoms in total. The molecule has 1 atom stereocenters. The minimum Gasteiger partial charge on any atom is -0.475 e. The Morgan fingerprint density at radius 1 is 1.23 bits per heavy atom. The van der Waals surface area contributed by atoms with Crippen LogP contribution in [0.4, 0.5) is 18.0 Å². The molecule has 178 valence electrons. The van der Waals surface area contributed by atoms with Crippen LogP contribution in [0.5, 0.6) is 0 Å². The molecule has 31 heavy (non-hydrogen) atoms. The standard InChI is InChI=1S/C12H21NO3.C7H11N.C2HF3O2/c1-9(2)12(15)6-7-13(8-12)10(14)16-11(3,4)5;1-6(2)7-3-4-8-5-7;3-2(4,5)1(6)7/h15H,1,6-8H2,2-5H3;3,8H,1,4-5H2,2H3;(H,6,7). The molecule has 0 aromatic rings. The van der Waals surface area contributed by atoms with Crippen LogP contribution in [0.1, 0.15) is 41.0 Å². The average Bonchev–Trinajstić information content (AvgIpc) is 3.24. The SMILES string of the molecule is C=C(C)C1(O)CCN(C(=O)OC(C)(C)C)C1.C=C(C)C1=CCNC1.O=C(O)C(F)(F)F. The van der Waals surface area contributed by atoms with E-state index in [1.807, 2.05) is 27.7 Å². The Morgan fingerprint density at radius 2 is 1.74 bits per heavy atom. The lowest BCUT2D eigenvalue weighted by Crippen LogP contribution is -2.39. The van der Waals surface area contributed by atoms with Crippen LogP contribution < -0.4 is 5.32 Å². The van der Waals surface area contributed by atoms with E-state index in [9.17, 15) is 23.1 Å². The first-order valence-electron chi connectivity index (χ1n) is 9.61. The number of nitrogens with one attached hydrogen (secondary N) is 1. The Hall–Kier alpha value is -2.33. The van der Waals surface area contributed by atoms with Crippen molar-refractivity contribution in [2.75, 3.05) is 26.2 Å². The van der Waals surface area contributed by atoms with E-state index in [2.05, 4.69) is 24.6 Å². The number of likely N-dealkylation sites (tertiary alicyclic amines) is 1. The van der Waals surface area contributed by atoms with Gasteiger partial charge in [0.1, 0.15) is 11.2 Å². The highest BCUT2D eigenvalue weighted by Crippen LogP contribution is 2.28. The predicted molar refractivity (Wildman–Crippen MR) is 112 cm³/mol. The van der Waals surface area contributed by atoms with Crippen molar-refractivity contribution in [1.82, 2.24) is 10.2 Å². The van der Waals surface area contributed by atoms with E-state index in [0.29, 0.717) is 18.5 Å². The Kier molecular flexibility index (Phi) is 10.5. The number of rotatable bonds is 2. The number of β-amino-alcohol motifs (C(OH)–C–C–N with tert-alkyl or cyclic N) is 1. The second-order valence-corrected chi connectivity index (χ2v) is 8.41. The Bertz CT molecular complexity index is 711. The zero-order valence-corrected chi connectivity index (χ0v) is 18.7. The van der Waals surface area contributed by atoms with Crippen molar-refractivity contribution in [1.29, 1.82) is 0 Å². The lowest BCUT2D eigenvalue weighted by Gasteiger charge is -2.26. The summed E-state index contributed by atoms with van der Waals surface area (Å²) in [6.07, 6.45) is -2.74. The number of aliphatic hydroxyl groups is 1. The van der Waals surface area contributed by atoms with Gasteiger partial charge in [0.25, 0.3) is 0 Å². The van der Waals surface area contributed by atoms with Gasteiger partial charge in [-0.2, -0.15) is 13.2 Å². The Labute approximate surface area is 181 Å². The van der Waals surface area contributed by atoms with E-state index >= 15 is 0 Å². The summed E-state index contributed by atoms with van der Waals surface area (Å²) in [4.78, 5) is 22.2. The third-order valence-corrected chi connectivity index (χ3v) is 4.29. The number of hydrogen-bond acceptors (Lipinski definition) is 5. The molecular weight excluding hydrogens is 417 g/mol. The summed E-state index contributed by atoms with van der Waals surface area (Å²) in [6, 6.07) is 0. The molecule has 1 unspecified atom stereocenters. The van der Waals surface area contributed by atoms with Crippen molar-refractivity contribution >= 4 is 12.1 Å². The summed E-state index contributed by atoms with van der Waals surface area (Å²) in [6.45, 7) is 19.7.